The molecule has 1 N–H and O–H groups in total. The molecule has 0 aromatic carbocycles. The zero-order chi connectivity index (χ0) is 10.6. The topological polar surface area (TPSA) is 42.2 Å². The summed E-state index contributed by atoms with van der Waals surface area (Å²) in [5.74, 6) is 0.575. The number of hydrogen-bond donors (Lipinski definition) is 1. The van der Waals surface area contributed by atoms with Crippen molar-refractivity contribution in [2.24, 2.45) is 0 Å². The summed E-state index contributed by atoms with van der Waals surface area (Å²) in [4.78, 5) is 10.8. The molecule has 1 amide bonds. The number of amides is 1. The minimum atomic E-state index is -0.129. The van der Waals surface area contributed by atoms with Crippen LogP contribution in [0, 0.1) is 0 Å². The Morgan fingerprint density at radius 3 is 2.93 bits per heavy atom. The van der Waals surface area contributed by atoms with Crippen molar-refractivity contribution >= 4 is 21.8 Å². The lowest BCUT2D eigenvalue weighted by Crippen LogP contribution is -2.47. The summed E-state index contributed by atoms with van der Waals surface area (Å²) in [5.41, 5.74) is 2.61. The number of ether oxygens (including phenoxy) is 1. The van der Waals surface area contributed by atoms with Crippen LogP contribution in [0.25, 0.3) is 0 Å². The molecule has 14 heavy (non-hydrogen) atoms. The first-order chi connectivity index (χ1) is 6.61. The maximum Gasteiger partial charge on any atom is 0.271 e. The molecule has 0 fully saturated rings. The number of pyridine rings is 1. The zero-order valence-electron chi connectivity index (χ0n) is 8.08. The van der Waals surface area contributed by atoms with Crippen molar-refractivity contribution in [3.63, 3.8) is 0 Å². The van der Waals surface area contributed by atoms with E-state index in [0.29, 0.717) is 12.4 Å². The Kier molecular flexibility index (Phi) is 3.88. The minimum Gasteiger partial charge on any atom is -0.488 e. The Hall–Kier alpha value is -1.10. The van der Waals surface area contributed by atoms with Gasteiger partial charge in [0.1, 0.15) is 0 Å². The fourth-order valence-electron chi connectivity index (χ4n) is 1.01. The Balaban J connectivity index is 2.88. The lowest BCUT2D eigenvalue weighted by atomic mass is 10.4. The van der Waals surface area contributed by atoms with Crippen molar-refractivity contribution in [3.8, 4) is 5.75 Å². The number of hydrogen-bond acceptors (Lipinski definition) is 2. The first-order valence-corrected chi connectivity index (χ1v) is 5.03. The van der Waals surface area contributed by atoms with E-state index in [1.807, 2.05) is 13.0 Å². The first kappa shape index (κ1) is 11.0. The van der Waals surface area contributed by atoms with Crippen molar-refractivity contribution in [2.75, 3.05) is 12.0 Å². The third kappa shape index (κ3) is 3.33. The van der Waals surface area contributed by atoms with Gasteiger partial charge in [0.05, 0.1) is 11.1 Å². The van der Waals surface area contributed by atoms with E-state index in [1.165, 1.54) is 6.92 Å². The Morgan fingerprint density at radius 1 is 1.64 bits per heavy atom. The summed E-state index contributed by atoms with van der Waals surface area (Å²) in [6.07, 6.45) is 3.44. The van der Waals surface area contributed by atoms with Gasteiger partial charge in [0.25, 0.3) is 5.91 Å². The van der Waals surface area contributed by atoms with Gasteiger partial charge < -0.3 is 4.74 Å². The van der Waals surface area contributed by atoms with Crippen LogP contribution >= 0.6 is 15.9 Å². The number of halogens is 1. The lowest BCUT2D eigenvalue weighted by molar-refractivity contribution is -0.643. The van der Waals surface area contributed by atoms with Gasteiger partial charge in [0.15, 0.2) is 5.75 Å². The number of rotatable bonds is 3. The van der Waals surface area contributed by atoms with Crippen LogP contribution in [0.5, 0.6) is 5.75 Å². The smallest absolute Gasteiger partial charge is 0.271 e. The van der Waals surface area contributed by atoms with Crippen LogP contribution in [0.1, 0.15) is 13.8 Å². The number of carbonyl (C=O) groups is 1. The second-order valence-corrected chi connectivity index (χ2v) is 3.61. The fourth-order valence-corrected chi connectivity index (χ4v) is 1.46. The molecular weight excluding hydrogens is 248 g/mol. The van der Waals surface area contributed by atoms with Gasteiger partial charge >= 0.3 is 0 Å². The molecule has 0 saturated heterocycles. The van der Waals surface area contributed by atoms with Crippen molar-refractivity contribution in [2.45, 2.75) is 13.8 Å². The molecule has 4 nitrogen and oxygen atoms in total. The van der Waals surface area contributed by atoms with E-state index in [4.69, 9.17) is 4.74 Å². The van der Waals surface area contributed by atoms with Crippen LogP contribution in [0.4, 0.5) is 0 Å². The highest BCUT2D eigenvalue weighted by molar-refractivity contribution is 9.10. The van der Waals surface area contributed by atoms with E-state index >= 15 is 0 Å². The predicted octanol–water partition coefficient (Wildman–Crippen LogP) is 1.23. The lowest BCUT2D eigenvalue weighted by Gasteiger charge is -2.02. The average Bonchev–Trinajstić information content (AvgIpc) is 2.01. The normalized spacial score (nSPS) is 9.64. The third-order valence-corrected chi connectivity index (χ3v) is 1.84. The van der Waals surface area contributed by atoms with Gasteiger partial charge in [0.2, 0.25) is 12.4 Å². The van der Waals surface area contributed by atoms with Gasteiger partial charge in [-0.3, -0.25) is 4.79 Å². The molecule has 0 atom stereocenters. The molecule has 0 aliphatic rings. The monoisotopic (exact) mass is 259 g/mol. The zero-order valence-corrected chi connectivity index (χ0v) is 9.67. The molecule has 1 aromatic rings. The maximum absolute atomic E-state index is 10.8. The van der Waals surface area contributed by atoms with Gasteiger partial charge in [0, 0.05) is 13.0 Å². The molecular formula is C9H12BrN2O2+. The predicted molar refractivity (Wildman–Crippen MR) is 55.5 cm³/mol. The van der Waals surface area contributed by atoms with Crippen LogP contribution in [-0.2, 0) is 4.79 Å². The van der Waals surface area contributed by atoms with Gasteiger partial charge in [-0.1, -0.05) is 4.68 Å². The van der Waals surface area contributed by atoms with Crippen LogP contribution in [-0.4, -0.2) is 12.5 Å². The van der Waals surface area contributed by atoms with Gasteiger partial charge in [-0.05, 0) is 22.9 Å². The highest BCUT2D eigenvalue weighted by Crippen LogP contribution is 2.14. The molecule has 0 aliphatic carbocycles. The van der Waals surface area contributed by atoms with Crippen LogP contribution in [0.15, 0.2) is 22.9 Å². The summed E-state index contributed by atoms with van der Waals surface area (Å²) in [7, 11) is 0. The van der Waals surface area contributed by atoms with Gasteiger partial charge in [-0.2, -0.15) is 0 Å². The molecule has 0 spiro atoms. The van der Waals surface area contributed by atoms with Gasteiger partial charge in [-0.25, -0.2) is 0 Å². The summed E-state index contributed by atoms with van der Waals surface area (Å²) in [5, 5.41) is 0. The fraction of sp³-hybridized carbons (Fsp3) is 0.333. The second kappa shape index (κ2) is 4.95. The van der Waals surface area contributed by atoms with E-state index in [-0.39, 0.29) is 5.91 Å². The van der Waals surface area contributed by atoms with Crippen molar-refractivity contribution in [3.05, 3.63) is 22.9 Å². The standard InChI is InChI=1S/C9H11BrN2O2/c1-3-14-9-4-8(10)5-12(6-9)11-7(2)13/h4-6H,3H2,1-2H3/p+1. The minimum absolute atomic E-state index is 0.129. The van der Waals surface area contributed by atoms with Crippen LogP contribution in [0.3, 0.4) is 0 Å². The van der Waals surface area contributed by atoms with Crippen molar-refractivity contribution in [1.29, 1.82) is 0 Å². The van der Waals surface area contributed by atoms with Crippen molar-refractivity contribution in [1.82, 2.24) is 0 Å². The number of aromatic nitrogens is 1. The highest BCUT2D eigenvalue weighted by Gasteiger charge is 2.08. The average molecular weight is 260 g/mol. The Labute approximate surface area is 91.0 Å². The molecule has 1 aromatic heterocycles. The molecule has 0 aliphatic heterocycles. The Morgan fingerprint density at radius 2 is 2.36 bits per heavy atom. The van der Waals surface area contributed by atoms with Crippen LogP contribution < -0.4 is 14.8 Å². The third-order valence-electron chi connectivity index (χ3n) is 1.41. The Bertz CT molecular complexity index is 342. The molecule has 0 bridgehead atoms. The molecule has 0 unspecified atom stereocenters. The SMILES string of the molecule is CCOc1cc(Br)c[n+](NC(C)=O)c1. The summed E-state index contributed by atoms with van der Waals surface area (Å²) >= 11 is 3.32. The number of carbonyl (C=O) groups excluding carboxylic acids is 1. The molecule has 76 valence electrons. The molecule has 0 radical (unpaired) electrons. The van der Waals surface area contributed by atoms with E-state index in [1.54, 1.807) is 17.1 Å². The van der Waals surface area contributed by atoms with E-state index in [2.05, 4.69) is 21.4 Å². The summed E-state index contributed by atoms with van der Waals surface area (Å²) < 4.78 is 7.70. The molecule has 1 rings (SSSR count). The van der Waals surface area contributed by atoms with Gasteiger partial charge in [-0.15, -0.1) is 5.43 Å². The summed E-state index contributed by atoms with van der Waals surface area (Å²) in [6.45, 7) is 3.95. The van der Waals surface area contributed by atoms with E-state index in [0.717, 1.165) is 4.47 Å². The molecule has 0 saturated carbocycles. The maximum atomic E-state index is 10.8. The van der Waals surface area contributed by atoms with E-state index < -0.39 is 0 Å². The summed E-state index contributed by atoms with van der Waals surface area (Å²) in [6, 6.07) is 1.84. The quantitative estimate of drug-likeness (QED) is 0.830. The highest BCUT2D eigenvalue weighted by atomic mass is 79.9. The molecule has 1 heterocycles. The van der Waals surface area contributed by atoms with E-state index in [9.17, 15) is 4.79 Å². The van der Waals surface area contributed by atoms with Crippen molar-refractivity contribution < 1.29 is 14.2 Å². The van der Waals surface area contributed by atoms with Crippen LogP contribution in [0.2, 0.25) is 0 Å². The number of nitrogens with one attached hydrogen (secondary N) is 1. The molecule has 5 heteroatoms. The second-order valence-electron chi connectivity index (χ2n) is 2.70. The number of nitrogens with zero attached hydrogens (tertiary/aromatic N) is 1. The largest absolute Gasteiger partial charge is 0.488 e. The first-order valence-electron chi connectivity index (χ1n) is 4.24.